The van der Waals surface area contributed by atoms with Crippen LogP contribution >= 0.6 is 0 Å². The van der Waals surface area contributed by atoms with Gasteiger partial charge in [0.1, 0.15) is 0 Å². The van der Waals surface area contributed by atoms with Crippen molar-refractivity contribution in [3.8, 4) is 0 Å². The van der Waals surface area contributed by atoms with Crippen LogP contribution in [-0.2, 0) is 6.42 Å². The van der Waals surface area contributed by atoms with Crippen molar-refractivity contribution >= 4 is 17.4 Å². The van der Waals surface area contributed by atoms with E-state index in [0.29, 0.717) is 12.2 Å². The summed E-state index contributed by atoms with van der Waals surface area (Å²) < 4.78 is 0. The molecule has 92 valence electrons. The Bertz CT molecular complexity index is 448. The molecule has 2 rings (SSSR count). The summed E-state index contributed by atoms with van der Waals surface area (Å²) in [7, 11) is 0. The molecule has 4 nitrogen and oxygen atoms in total. The van der Waals surface area contributed by atoms with Crippen molar-refractivity contribution in [1.29, 1.82) is 0 Å². The number of para-hydroxylation sites is 1. The number of amides is 2. The molecule has 0 aliphatic carbocycles. The van der Waals surface area contributed by atoms with Crippen LogP contribution in [0.25, 0.3) is 0 Å². The second-order valence-electron chi connectivity index (χ2n) is 5.44. The van der Waals surface area contributed by atoms with Crippen molar-refractivity contribution in [3.63, 3.8) is 0 Å². The second kappa shape index (κ2) is 3.95. The van der Waals surface area contributed by atoms with Crippen LogP contribution in [0.3, 0.4) is 0 Å². The molecule has 4 heteroatoms. The van der Waals surface area contributed by atoms with Crippen LogP contribution in [0.1, 0.15) is 26.3 Å². The first-order valence-corrected chi connectivity index (χ1v) is 5.85. The number of nitrogens with zero attached hydrogens (tertiary/aromatic N) is 1. The number of urea groups is 1. The zero-order valence-electron chi connectivity index (χ0n) is 10.6. The summed E-state index contributed by atoms with van der Waals surface area (Å²) in [5.74, 6) is 0. The quantitative estimate of drug-likeness (QED) is 0.674. The molecule has 0 fully saturated rings. The zero-order valence-corrected chi connectivity index (χ0v) is 10.6. The first-order valence-electron chi connectivity index (χ1n) is 5.85. The Morgan fingerprint density at radius 3 is 2.76 bits per heavy atom. The maximum absolute atomic E-state index is 12.1. The summed E-state index contributed by atoms with van der Waals surface area (Å²) in [6.45, 7) is 6.61. The minimum atomic E-state index is -0.233. The fourth-order valence-electron chi connectivity index (χ4n) is 2.08. The molecule has 3 N–H and O–H groups in total. The van der Waals surface area contributed by atoms with E-state index >= 15 is 0 Å². The van der Waals surface area contributed by atoms with Gasteiger partial charge in [-0.25, -0.2) is 4.79 Å². The van der Waals surface area contributed by atoms with Crippen LogP contribution in [-0.4, -0.2) is 18.1 Å². The fraction of sp³-hybridized carbons (Fsp3) is 0.462. The van der Waals surface area contributed by atoms with Crippen LogP contribution in [0, 0.1) is 0 Å². The van der Waals surface area contributed by atoms with Gasteiger partial charge in [-0.05, 0) is 38.8 Å². The number of carbonyl (C=O) groups excluding carboxylic acids is 1. The van der Waals surface area contributed by atoms with Crippen molar-refractivity contribution < 1.29 is 4.79 Å². The third kappa shape index (κ3) is 2.35. The highest BCUT2D eigenvalue weighted by atomic mass is 16.2. The predicted octanol–water partition coefficient (Wildman–Crippen LogP) is 2.14. The summed E-state index contributed by atoms with van der Waals surface area (Å²) in [6.07, 6.45) is 0.873. The van der Waals surface area contributed by atoms with Gasteiger partial charge in [0.15, 0.2) is 0 Å². The van der Waals surface area contributed by atoms with Crippen molar-refractivity contribution in [2.24, 2.45) is 0 Å². The molecule has 1 aliphatic heterocycles. The Morgan fingerprint density at radius 1 is 1.41 bits per heavy atom. The van der Waals surface area contributed by atoms with E-state index in [1.165, 1.54) is 0 Å². The van der Waals surface area contributed by atoms with Crippen LogP contribution in [0.2, 0.25) is 0 Å². The summed E-state index contributed by atoms with van der Waals surface area (Å²) in [4.78, 5) is 13.9. The fourth-order valence-corrected chi connectivity index (χ4v) is 2.08. The van der Waals surface area contributed by atoms with Crippen LogP contribution < -0.4 is 16.0 Å². The zero-order chi connectivity index (χ0) is 12.6. The van der Waals surface area contributed by atoms with Gasteiger partial charge >= 0.3 is 6.03 Å². The molecule has 1 aliphatic rings. The molecular formula is C13H19N3O. The highest BCUT2D eigenvalue weighted by Crippen LogP contribution is 2.33. The third-order valence-electron chi connectivity index (χ3n) is 2.75. The molecule has 0 atom stereocenters. The molecular weight excluding hydrogens is 214 g/mol. The minimum absolute atomic E-state index is 0.0749. The maximum Gasteiger partial charge on any atom is 0.322 e. The third-order valence-corrected chi connectivity index (χ3v) is 2.75. The monoisotopic (exact) mass is 233 g/mol. The SMILES string of the molecule is CC(C)(C)NC(=O)N1CCc2cccc(N)c21. The first kappa shape index (κ1) is 11.8. The Kier molecular flexibility index (Phi) is 2.73. The Morgan fingerprint density at radius 2 is 2.12 bits per heavy atom. The number of benzene rings is 1. The number of hydrogen-bond donors (Lipinski definition) is 2. The van der Waals surface area contributed by atoms with E-state index in [0.717, 1.165) is 17.7 Å². The Labute approximate surface area is 102 Å². The number of nitrogens with one attached hydrogen (secondary N) is 1. The number of carbonyl (C=O) groups is 1. The number of rotatable bonds is 0. The molecule has 1 heterocycles. The number of hydrogen-bond acceptors (Lipinski definition) is 2. The van der Waals surface area contributed by atoms with E-state index in [2.05, 4.69) is 5.32 Å². The molecule has 17 heavy (non-hydrogen) atoms. The van der Waals surface area contributed by atoms with Gasteiger partial charge in [-0.2, -0.15) is 0 Å². The van der Waals surface area contributed by atoms with Crippen molar-refractivity contribution in [1.82, 2.24) is 5.32 Å². The average molecular weight is 233 g/mol. The summed E-state index contributed by atoms with van der Waals surface area (Å²) in [5.41, 5.74) is 8.40. The molecule has 0 unspecified atom stereocenters. The smallest absolute Gasteiger partial charge is 0.322 e. The topological polar surface area (TPSA) is 58.4 Å². The lowest BCUT2D eigenvalue weighted by molar-refractivity contribution is 0.238. The van der Waals surface area contributed by atoms with E-state index in [1.54, 1.807) is 4.90 Å². The van der Waals surface area contributed by atoms with Gasteiger partial charge in [-0.3, -0.25) is 4.90 Å². The lowest BCUT2D eigenvalue weighted by atomic mass is 10.1. The Balaban J connectivity index is 2.25. The van der Waals surface area contributed by atoms with Crippen molar-refractivity contribution in [2.75, 3.05) is 17.2 Å². The lowest BCUT2D eigenvalue weighted by Crippen LogP contribution is -2.48. The van der Waals surface area contributed by atoms with Gasteiger partial charge in [-0.15, -0.1) is 0 Å². The lowest BCUT2D eigenvalue weighted by Gasteiger charge is -2.26. The molecule has 2 amide bonds. The largest absolute Gasteiger partial charge is 0.397 e. The normalized spacial score (nSPS) is 14.6. The van der Waals surface area contributed by atoms with Gasteiger partial charge < -0.3 is 11.1 Å². The molecule has 0 saturated heterocycles. The van der Waals surface area contributed by atoms with E-state index in [4.69, 9.17) is 5.73 Å². The van der Waals surface area contributed by atoms with Crippen molar-refractivity contribution in [2.45, 2.75) is 32.7 Å². The molecule has 0 spiro atoms. The van der Waals surface area contributed by atoms with Gasteiger partial charge in [0, 0.05) is 12.1 Å². The van der Waals surface area contributed by atoms with Gasteiger partial charge in [0.2, 0.25) is 0 Å². The average Bonchev–Trinajstić information content (AvgIpc) is 2.60. The van der Waals surface area contributed by atoms with Gasteiger partial charge in [0.25, 0.3) is 0 Å². The second-order valence-corrected chi connectivity index (χ2v) is 5.44. The van der Waals surface area contributed by atoms with Crippen LogP contribution in [0.5, 0.6) is 0 Å². The maximum atomic E-state index is 12.1. The first-order chi connectivity index (χ1) is 7.88. The molecule has 0 aromatic heterocycles. The van der Waals surface area contributed by atoms with E-state index < -0.39 is 0 Å². The van der Waals surface area contributed by atoms with Gasteiger partial charge in [0.05, 0.1) is 11.4 Å². The molecule has 1 aromatic rings. The predicted molar refractivity (Wildman–Crippen MR) is 70.2 cm³/mol. The van der Waals surface area contributed by atoms with Gasteiger partial charge in [-0.1, -0.05) is 12.1 Å². The number of nitrogen functional groups attached to an aromatic ring is 1. The Hall–Kier alpha value is -1.71. The van der Waals surface area contributed by atoms with E-state index in [-0.39, 0.29) is 11.6 Å². The number of anilines is 2. The highest BCUT2D eigenvalue weighted by Gasteiger charge is 2.28. The molecule has 0 saturated carbocycles. The summed E-state index contributed by atoms with van der Waals surface area (Å²) in [5, 5.41) is 2.96. The molecule has 0 bridgehead atoms. The highest BCUT2D eigenvalue weighted by molar-refractivity contribution is 5.98. The van der Waals surface area contributed by atoms with Crippen LogP contribution in [0.4, 0.5) is 16.2 Å². The standard InChI is InChI=1S/C13H19N3O/c1-13(2,3)15-12(17)16-8-7-9-5-4-6-10(14)11(9)16/h4-6H,7-8,14H2,1-3H3,(H,15,17). The minimum Gasteiger partial charge on any atom is -0.397 e. The molecule has 0 radical (unpaired) electrons. The number of fused-ring (bicyclic) bond motifs is 1. The van der Waals surface area contributed by atoms with Crippen LogP contribution in [0.15, 0.2) is 18.2 Å². The van der Waals surface area contributed by atoms with Crippen molar-refractivity contribution in [3.05, 3.63) is 23.8 Å². The summed E-state index contributed by atoms with van der Waals surface area (Å²) in [6, 6.07) is 5.71. The van der Waals surface area contributed by atoms with E-state index in [9.17, 15) is 4.79 Å². The summed E-state index contributed by atoms with van der Waals surface area (Å²) >= 11 is 0. The van der Waals surface area contributed by atoms with E-state index in [1.807, 2.05) is 39.0 Å². The number of nitrogens with two attached hydrogens (primary N) is 1. The molecule has 1 aromatic carbocycles.